The van der Waals surface area contributed by atoms with Crippen LogP contribution in [0.25, 0.3) is 0 Å². The third-order valence-corrected chi connectivity index (χ3v) is 3.29. The maximum atomic E-state index is 7.50. The first-order chi connectivity index (χ1) is 9.00. The molecule has 2 rings (SSSR count). The zero-order chi connectivity index (χ0) is 14.0. The van der Waals surface area contributed by atoms with Crippen molar-refractivity contribution in [1.82, 2.24) is 9.78 Å². The molecule has 0 aliphatic rings. The summed E-state index contributed by atoms with van der Waals surface area (Å²) in [4.78, 5) is 0. The minimum Gasteiger partial charge on any atom is -0.486 e. The molecule has 0 atom stereocenters. The minimum atomic E-state index is -0.0251. The summed E-state index contributed by atoms with van der Waals surface area (Å²) in [5.41, 5.74) is 7.63. The number of halogens is 1. The summed E-state index contributed by atoms with van der Waals surface area (Å²) in [5.74, 6) is 0.535. The summed E-state index contributed by atoms with van der Waals surface area (Å²) < 4.78 is 7.38. The van der Waals surface area contributed by atoms with E-state index in [9.17, 15) is 0 Å². The predicted octanol–water partition coefficient (Wildman–Crippen LogP) is 2.24. The Morgan fingerprint density at radius 2 is 2.16 bits per heavy atom. The summed E-state index contributed by atoms with van der Waals surface area (Å²) in [6.45, 7) is 2.12. The molecule has 1 aromatic carbocycles. The van der Waals surface area contributed by atoms with Crippen LogP contribution in [0.2, 0.25) is 5.02 Å². The smallest absolute Gasteiger partial charge is 0.131 e. The van der Waals surface area contributed by atoms with Crippen LogP contribution in [0.1, 0.15) is 17.0 Å². The molecule has 0 aliphatic heterocycles. The van der Waals surface area contributed by atoms with E-state index in [4.69, 9.17) is 27.5 Å². The molecule has 0 bridgehead atoms. The average Bonchev–Trinajstić information content (AvgIpc) is 2.61. The van der Waals surface area contributed by atoms with Gasteiger partial charge in [0.15, 0.2) is 0 Å². The van der Waals surface area contributed by atoms with Crippen molar-refractivity contribution < 1.29 is 4.74 Å². The SMILES string of the molecule is Cc1nn(C)c(COc2ccccc2C(=N)N)c1Cl. The van der Waals surface area contributed by atoms with E-state index in [2.05, 4.69) is 5.10 Å². The first-order valence-corrected chi connectivity index (χ1v) is 6.12. The van der Waals surface area contributed by atoms with Crippen LogP contribution in [0.3, 0.4) is 0 Å². The van der Waals surface area contributed by atoms with E-state index < -0.39 is 0 Å². The van der Waals surface area contributed by atoms with Gasteiger partial charge >= 0.3 is 0 Å². The Morgan fingerprint density at radius 3 is 2.74 bits per heavy atom. The highest BCUT2D eigenvalue weighted by Gasteiger charge is 2.13. The van der Waals surface area contributed by atoms with E-state index in [0.717, 1.165) is 11.4 Å². The maximum Gasteiger partial charge on any atom is 0.131 e. The summed E-state index contributed by atoms with van der Waals surface area (Å²) >= 11 is 6.15. The van der Waals surface area contributed by atoms with Crippen molar-refractivity contribution >= 4 is 17.4 Å². The lowest BCUT2D eigenvalue weighted by atomic mass is 10.2. The van der Waals surface area contributed by atoms with Crippen molar-refractivity contribution in [3.05, 3.63) is 46.2 Å². The van der Waals surface area contributed by atoms with E-state index in [1.807, 2.05) is 26.1 Å². The van der Waals surface area contributed by atoms with E-state index in [1.54, 1.807) is 16.8 Å². The van der Waals surface area contributed by atoms with Crippen molar-refractivity contribution in [2.45, 2.75) is 13.5 Å². The molecule has 0 radical (unpaired) electrons. The Balaban J connectivity index is 2.22. The minimum absolute atomic E-state index is 0.0251. The van der Waals surface area contributed by atoms with Gasteiger partial charge in [-0.2, -0.15) is 5.10 Å². The summed E-state index contributed by atoms with van der Waals surface area (Å²) in [6, 6.07) is 7.16. The maximum absolute atomic E-state index is 7.50. The van der Waals surface area contributed by atoms with Crippen LogP contribution in [-0.4, -0.2) is 15.6 Å². The summed E-state index contributed by atoms with van der Waals surface area (Å²) in [6.07, 6.45) is 0. The molecule has 0 amide bonds. The van der Waals surface area contributed by atoms with Gasteiger partial charge in [-0.15, -0.1) is 0 Å². The monoisotopic (exact) mass is 278 g/mol. The molecule has 2 aromatic rings. The fraction of sp³-hybridized carbons (Fsp3) is 0.231. The second-order valence-electron chi connectivity index (χ2n) is 4.17. The number of ether oxygens (including phenoxy) is 1. The Morgan fingerprint density at radius 1 is 1.47 bits per heavy atom. The fourth-order valence-corrected chi connectivity index (χ4v) is 2.01. The van der Waals surface area contributed by atoms with Gasteiger partial charge in [-0.1, -0.05) is 23.7 Å². The van der Waals surface area contributed by atoms with Gasteiger partial charge in [0.05, 0.1) is 22.0 Å². The van der Waals surface area contributed by atoms with Gasteiger partial charge in [0, 0.05) is 7.05 Å². The highest BCUT2D eigenvalue weighted by molar-refractivity contribution is 6.31. The first-order valence-electron chi connectivity index (χ1n) is 5.75. The average molecular weight is 279 g/mol. The number of nitrogens with two attached hydrogens (primary N) is 1. The van der Waals surface area contributed by atoms with Gasteiger partial charge in [0.1, 0.15) is 18.2 Å². The molecule has 0 fully saturated rings. The molecule has 0 spiro atoms. The number of nitrogens with zero attached hydrogens (tertiary/aromatic N) is 2. The highest BCUT2D eigenvalue weighted by Crippen LogP contribution is 2.23. The Labute approximate surface area is 116 Å². The zero-order valence-corrected chi connectivity index (χ0v) is 11.5. The topological polar surface area (TPSA) is 76.9 Å². The number of nitrogens with one attached hydrogen (secondary N) is 1. The lowest BCUT2D eigenvalue weighted by molar-refractivity contribution is 0.294. The first kappa shape index (κ1) is 13.4. The number of rotatable bonds is 4. The lowest BCUT2D eigenvalue weighted by Crippen LogP contribution is -2.13. The second-order valence-corrected chi connectivity index (χ2v) is 4.55. The van der Waals surface area contributed by atoms with Crippen molar-refractivity contribution in [2.24, 2.45) is 12.8 Å². The quantitative estimate of drug-likeness (QED) is 0.665. The molecule has 0 unspecified atom stereocenters. The third-order valence-electron chi connectivity index (χ3n) is 2.80. The largest absolute Gasteiger partial charge is 0.486 e. The van der Waals surface area contributed by atoms with Crippen LogP contribution in [0.4, 0.5) is 0 Å². The van der Waals surface area contributed by atoms with Gasteiger partial charge < -0.3 is 10.5 Å². The molecule has 0 aliphatic carbocycles. The Kier molecular flexibility index (Phi) is 3.76. The van der Waals surface area contributed by atoms with E-state index in [0.29, 0.717) is 16.3 Å². The second kappa shape index (κ2) is 5.32. The van der Waals surface area contributed by atoms with E-state index in [-0.39, 0.29) is 12.4 Å². The fourth-order valence-electron chi connectivity index (χ4n) is 1.80. The van der Waals surface area contributed by atoms with Gasteiger partial charge in [-0.25, -0.2) is 0 Å². The molecule has 3 N–H and O–H groups in total. The van der Waals surface area contributed by atoms with Gasteiger partial charge in [-0.3, -0.25) is 10.1 Å². The molecule has 100 valence electrons. The molecule has 0 saturated carbocycles. The van der Waals surface area contributed by atoms with Crippen LogP contribution in [0, 0.1) is 12.3 Å². The van der Waals surface area contributed by atoms with E-state index >= 15 is 0 Å². The van der Waals surface area contributed by atoms with Crippen LogP contribution >= 0.6 is 11.6 Å². The molecule has 6 heteroatoms. The molecular formula is C13H15ClN4O. The number of benzene rings is 1. The number of para-hydroxylation sites is 1. The molecule has 1 heterocycles. The summed E-state index contributed by atoms with van der Waals surface area (Å²) in [7, 11) is 1.81. The van der Waals surface area contributed by atoms with Crippen molar-refractivity contribution in [3.8, 4) is 5.75 Å². The Hall–Kier alpha value is -2.01. The van der Waals surface area contributed by atoms with Crippen molar-refractivity contribution in [3.63, 3.8) is 0 Å². The number of nitrogen functional groups attached to an aromatic ring is 1. The normalized spacial score (nSPS) is 10.5. The molecule has 1 aromatic heterocycles. The van der Waals surface area contributed by atoms with Crippen LogP contribution in [0.5, 0.6) is 5.75 Å². The molecule has 5 nitrogen and oxygen atoms in total. The third kappa shape index (κ3) is 2.71. The lowest BCUT2D eigenvalue weighted by Gasteiger charge is -2.10. The van der Waals surface area contributed by atoms with Gasteiger partial charge in [0.25, 0.3) is 0 Å². The Bertz CT molecular complexity index is 621. The number of aryl methyl sites for hydroxylation is 2. The van der Waals surface area contributed by atoms with Crippen LogP contribution in [0.15, 0.2) is 24.3 Å². The van der Waals surface area contributed by atoms with Gasteiger partial charge in [-0.05, 0) is 19.1 Å². The van der Waals surface area contributed by atoms with Crippen LogP contribution < -0.4 is 10.5 Å². The van der Waals surface area contributed by atoms with Gasteiger partial charge in [0.2, 0.25) is 0 Å². The molecule has 0 saturated heterocycles. The number of aromatic nitrogens is 2. The number of hydrogen-bond acceptors (Lipinski definition) is 3. The number of hydrogen-bond donors (Lipinski definition) is 2. The highest BCUT2D eigenvalue weighted by atomic mass is 35.5. The summed E-state index contributed by atoms with van der Waals surface area (Å²) in [5, 5.41) is 12.3. The molecular weight excluding hydrogens is 264 g/mol. The van der Waals surface area contributed by atoms with Crippen molar-refractivity contribution in [1.29, 1.82) is 5.41 Å². The van der Waals surface area contributed by atoms with Crippen molar-refractivity contribution in [2.75, 3.05) is 0 Å². The molecule has 19 heavy (non-hydrogen) atoms. The van der Waals surface area contributed by atoms with E-state index in [1.165, 1.54) is 0 Å². The zero-order valence-electron chi connectivity index (χ0n) is 10.8. The standard InChI is InChI=1S/C13H15ClN4O/c1-8-12(14)10(18(2)17-8)7-19-11-6-4-3-5-9(11)13(15)16/h3-6H,7H2,1-2H3,(H3,15,16). The predicted molar refractivity (Wildman–Crippen MR) is 74.7 cm³/mol. The van der Waals surface area contributed by atoms with Crippen LogP contribution in [-0.2, 0) is 13.7 Å². The number of amidine groups is 1.